The van der Waals surface area contributed by atoms with Crippen LogP contribution in [0.3, 0.4) is 0 Å². The van der Waals surface area contributed by atoms with E-state index in [0.29, 0.717) is 11.8 Å². The van der Waals surface area contributed by atoms with Gasteiger partial charge in [0.15, 0.2) is 0 Å². The van der Waals surface area contributed by atoms with E-state index in [-0.39, 0.29) is 0 Å². The van der Waals surface area contributed by atoms with Crippen molar-refractivity contribution < 1.29 is 4.57 Å². The Morgan fingerprint density at radius 3 is 1.50 bits per heavy atom. The highest BCUT2D eigenvalue weighted by molar-refractivity contribution is 7.44. The minimum absolute atomic E-state index is 0.706. The summed E-state index contributed by atoms with van der Waals surface area (Å²) < 4.78 is 11.4. The molecule has 2 heteroatoms. The van der Waals surface area contributed by atoms with Crippen molar-refractivity contribution in [2.75, 3.05) is 12.3 Å². The minimum Gasteiger partial charge on any atom is -0.327 e. The predicted octanol–water partition coefficient (Wildman–Crippen LogP) is 3.64. The molecule has 74 valence electrons. The second kappa shape index (κ2) is 6.71. The average Bonchev–Trinajstić information content (AvgIpc) is 1.96. The van der Waals surface area contributed by atoms with E-state index in [4.69, 9.17) is 0 Å². The van der Waals surface area contributed by atoms with Crippen LogP contribution >= 0.6 is 7.80 Å². The Kier molecular flexibility index (Phi) is 6.84. The average molecular weight is 190 g/mol. The zero-order valence-electron chi connectivity index (χ0n) is 8.89. The zero-order chi connectivity index (χ0) is 9.56. The summed E-state index contributed by atoms with van der Waals surface area (Å²) in [5.74, 6) is 1.41. The highest BCUT2D eigenvalue weighted by Gasteiger charge is 2.03. The molecule has 0 spiro atoms. The van der Waals surface area contributed by atoms with Crippen LogP contribution in [0.5, 0.6) is 0 Å². The van der Waals surface area contributed by atoms with Crippen LogP contribution in [-0.2, 0) is 4.57 Å². The first-order valence-electron chi connectivity index (χ1n) is 5.04. The van der Waals surface area contributed by atoms with Crippen LogP contribution in [0.1, 0.15) is 40.5 Å². The highest BCUT2D eigenvalue weighted by Crippen LogP contribution is 2.25. The third kappa shape index (κ3) is 8.33. The fraction of sp³-hybridized carbons (Fsp3) is 1.00. The summed E-state index contributed by atoms with van der Waals surface area (Å²) in [6.45, 7) is 8.77. The topological polar surface area (TPSA) is 17.1 Å². The molecule has 0 aromatic carbocycles. The van der Waals surface area contributed by atoms with Gasteiger partial charge in [0.1, 0.15) is 0 Å². The lowest BCUT2D eigenvalue weighted by Gasteiger charge is -2.06. The Hall–Kier alpha value is 0.230. The molecular formula is C10H23OP. The first-order valence-corrected chi connectivity index (χ1v) is 6.86. The van der Waals surface area contributed by atoms with Gasteiger partial charge in [-0.25, -0.2) is 0 Å². The second-order valence-electron chi connectivity index (χ2n) is 4.40. The second-order valence-corrected chi connectivity index (χ2v) is 6.48. The largest absolute Gasteiger partial charge is 0.327 e. The van der Waals surface area contributed by atoms with Crippen LogP contribution in [0.25, 0.3) is 0 Å². The number of hydrogen-bond acceptors (Lipinski definition) is 1. The Morgan fingerprint density at radius 1 is 0.917 bits per heavy atom. The summed E-state index contributed by atoms with van der Waals surface area (Å²) in [6, 6.07) is 0. The van der Waals surface area contributed by atoms with Crippen molar-refractivity contribution in [3.05, 3.63) is 0 Å². The van der Waals surface area contributed by atoms with E-state index in [1.807, 2.05) is 0 Å². The third-order valence-corrected chi connectivity index (χ3v) is 3.69. The van der Waals surface area contributed by atoms with Crippen LogP contribution in [-0.4, -0.2) is 12.3 Å². The predicted molar refractivity (Wildman–Crippen MR) is 57.6 cm³/mol. The van der Waals surface area contributed by atoms with Gasteiger partial charge in [0.25, 0.3) is 0 Å². The highest BCUT2D eigenvalue weighted by atomic mass is 31.1. The van der Waals surface area contributed by atoms with Crippen molar-refractivity contribution in [3.63, 3.8) is 0 Å². The van der Waals surface area contributed by atoms with Gasteiger partial charge in [0, 0.05) is 0 Å². The first-order chi connectivity index (χ1) is 5.52. The normalized spacial score (nSPS) is 11.9. The van der Waals surface area contributed by atoms with Crippen molar-refractivity contribution in [1.82, 2.24) is 0 Å². The SMILES string of the molecule is CC(C)CC[PH](=O)CCC(C)C. The quantitative estimate of drug-likeness (QED) is 0.584. The number of rotatable bonds is 6. The van der Waals surface area contributed by atoms with Crippen molar-refractivity contribution >= 4 is 7.80 Å². The Balaban J connectivity index is 3.34. The first kappa shape index (κ1) is 12.2. The van der Waals surface area contributed by atoms with E-state index >= 15 is 0 Å². The van der Waals surface area contributed by atoms with Gasteiger partial charge in [-0.1, -0.05) is 27.7 Å². The van der Waals surface area contributed by atoms with Crippen LogP contribution in [0, 0.1) is 11.8 Å². The van der Waals surface area contributed by atoms with E-state index in [1.54, 1.807) is 0 Å². The molecular weight excluding hydrogens is 167 g/mol. The van der Waals surface area contributed by atoms with Gasteiger partial charge in [-0.15, -0.1) is 0 Å². The molecule has 0 amide bonds. The van der Waals surface area contributed by atoms with Gasteiger partial charge >= 0.3 is 0 Å². The van der Waals surface area contributed by atoms with Gasteiger partial charge in [-0.05, 0) is 37.0 Å². The summed E-state index contributed by atoms with van der Waals surface area (Å²) >= 11 is 0. The molecule has 12 heavy (non-hydrogen) atoms. The lowest BCUT2D eigenvalue weighted by Crippen LogP contribution is -1.94. The summed E-state index contributed by atoms with van der Waals surface area (Å²) in [4.78, 5) is 0. The molecule has 0 fully saturated rings. The maximum atomic E-state index is 11.4. The molecule has 1 nitrogen and oxygen atoms in total. The monoisotopic (exact) mass is 190 g/mol. The van der Waals surface area contributed by atoms with Crippen LogP contribution < -0.4 is 0 Å². The van der Waals surface area contributed by atoms with E-state index in [9.17, 15) is 4.57 Å². The van der Waals surface area contributed by atoms with Gasteiger partial charge in [0.05, 0.1) is 7.80 Å². The van der Waals surface area contributed by atoms with E-state index < -0.39 is 7.80 Å². The van der Waals surface area contributed by atoms with Gasteiger partial charge in [-0.3, -0.25) is 0 Å². The maximum absolute atomic E-state index is 11.4. The molecule has 0 heterocycles. The van der Waals surface area contributed by atoms with Crippen LogP contribution in [0.15, 0.2) is 0 Å². The molecule has 0 N–H and O–H groups in total. The molecule has 0 radical (unpaired) electrons. The van der Waals surface area contributed by atoms with Gasteiger partial charge < -0.3 is 4.57 Å². The van der Waals surface area contributed by atoms with E-state index in [0.717, 1.165) is 25.2 Å². The van der Waals surface area contributed by atoms with E-state index in [1.165, 1.54) is 0 Å². The van der Waals surface area contributed by atoms with Crippen molar-refractivity contribution in [2.45, 2.75) is 40.5 Å². The molecule has 0 aromatic heterocycles. The van der Waals surface area contributed by atoms with Crippen LogP contribution in [0.4, 0.5) is 0 Å². The van der Waals surface area contributed by atoms with E-state index in [2.05, 4.69) is 27.7 Å². The molecule has 0 aromatic rings. The molecule has 0 unspecified atom stereocenters. The lowest BCUT2D eigenvalue weighted by molar-refractivity contribution is 0.563. The summed E-state index contributed by atoms with van der Waals surface area (Å²) in [5.41, 5.74) is 0. The van der Waals surface area contributed by atoms with Crippen molar-refractivity contribution in [1.29, 1.82) is 0 Å². The Morgan fingerprint density at radius 2 is 1.25 bits per heavy atom. The fourth-order valence-corrected chi connectivity index (χ4v) is 3.07. The maximum Gasteiger partial charge on any atom is 0.0762 e. The molecule has 0 aliphatic heterocycles. The Labute approximate surface area is 77.7 Å². The molecule has 0 aliphatic carbocycles. The van der Waals surface area contributed by atoms with Crippen LogP contribution in [0.2, 0.25) is 0 Å². The van der Waals surface area contributed by atoms with Crippen molar-refractivity contribution in [3.8, 4) is 0 Å². The lowest BCUT2D eigenvalue weighted by atomic mass is 10.2. The zero-order valence-corrected chi connectivity index (χ0v) is 9.89. The summed E-state index contributed by atoms with van der Waals surface area (Å²) in [5, 5.41) is 0. The smallest absolute Gasteiger partial charge is 0.0762 e. The molecule has 0 aliphatic rings. The number of hydrogen-bond donors (Lipinski definition) is 0. The Bertz CT molecular complexity index is 116. The minimum atomic E-state index is -1.23. The summed E-state index contributed by atoms with van der Waals surface area (Å²) in [6.07, 6.45) is 4.20. The summed E-state index contributed by atoms with van der Waals surface area (Å²) in [7, 11) is -1.23. The standard InChI is InChI=1S/C10H23OP/c1-9(2)5-7-12(11)8-6-10(3)4/h9-10,12H,5-8H2,1-4H3. The molecule has 0 rings (SSSR count). The third-order valence-electron chi connectivity index (χ3n) is 2.00. The molecule has 0 atom stereocenters. The molecule has 0 saturated heterocycles. The molecule has 0 bridgehead atoms. The molecule has 0 saturated carbocycles. The van der Waals surface area contributed by atoms with Gasteiger partial charge in [0.2, 0.25) is 0 Å². The fourth-order valence-electron chi connectivity index (χ4n) is 1.02. The van der Waals surface area contributed by atoms with Gasteiger partial charge in [-0.2, -0.15) is 0 Å². The van der Waals surface area contributed by atoms with Crippen molar-refractivity contribution in [2.24, 2.45) is 11.8 Å².